The van der Waals surface area contributed by atoms with Crippen LogP contribution in [-0.4, -0.2) is 69.1 Å². The number of benzene rings is 4. The minimum atomic E-state index is -0.175. The molecule has 0 aliphatic carbocycles. The van der Waals surface area contributed by atoms with E-state index in [2.05, 4.69) is 20.4 Å². The Morgan fingerprint density at radius 1 is 0.619 bits per heavy atom. The van der Waals surface area contributed by atoms with Crippen molar-refractivity contribution in [2.24, 2.45) is 0 Å². The van der Waals surface area contributed by atoms with E-state index >= 15 is 0 Å². The minimum Gasteiger partial charge on any atom is -0.505 e. The third-order valence-electron chi connectivity index (χ3n) is 7.53. The number of hydrogen-bond acceptors (Lipinski definition) is 7. The van der Waals surface area contributed by atoms with Gasteiger partial charge in [0.05, 0.1) is 13.1 Å². The van der Waals surface area contributed by atoms with E-state index in [-0.39, 0.29) is 30.6 Å². The summed E-state index contributed by atoms with van der Waals surface area (Å²) >= 11 is 0. The van der Waals surface area contributed by atoms with Gasteiger partial charge in [-0.2, -0.15) is 0 Å². The van der Waals surface area contributed by atoms with Crippen LogP contribution in [0.1, 0.15) is 22.3 Å². The van der Waals surface area contributed by atoms with Gasteiger partial charge in [-0.25, -0.2) is 4.79 Å². The fraction of sp³-hybridized carbons (Fsp3) is 0.194. The summed E-state index contributed by atoms with van der Waals surface area (Å²) in [5.41, 5.74) is 6.88. The molecule has 2 amide bonds. The third kappa shape index (κ3) is 4.44. The van der Waals surface area contributed by atoms with E-state index in [0.717, 1.165) is 33.2 Å². The molecule has 0 atom stereocenters. The Balaban J connectivity index is 1.12. The van der Waals surface area contributed by atoms with E-state index in [9.17, 15) is 15.0 Å². The summed E-state index contributed by atoms with van der Waals surface area (Å²) in [7, 11) is 0. The van der Waals surface area contributed by atoms with E-state index in [1.807, 2.05) is 86.6 Å². The molecule has 210 valence electrons. The van der Waals surface area contributed by atoms with Crippen molar-refractivity contribution in [1.82, 2.24) is 39.8 Å². The second-order valence-corrected chi connectivity index (χ2v) is 10.7. The van der Waals surface area contributed by atoms with Crippen LogP contribution in [0.25, 0.3) is 33.4 Å². The highest BCUT2D eigenvalue weighted by Gasteiger charge is 2.30. The zero-order valence-corrected chi connectivity index (χ0v) is 23.1. The Kier molecular flexibility index (Phi) is 6.00. The highest BCUT2D eigenvalue weighted by molar-refractivity contribution is 5.77. The van der Waals surface area contributed by atoms with Crippen LogP contribution in [-0.2, 0) is 13.1 Å². The van der Waals surface area contributed by atoms with E-state index in [4.69, 9.17) is 0 Å². The molecule has 7 rings (SSSR count). The number of carbonyl (C=O) groups excluding carboxylic acids is 1. The molecule has 3 heterocycles. The Bertz CT molecular complexity index is 1790. The van der Waals surface area contributed by atoms with Gasteiger partial charge in [-0.3, -0.25) is 0 Å². The minimum absolute atomic E-state index is 0.0345. The number of aromatic nitrogens is 6. The van der Waals surface area contributed by atoms with E-state index in [0.29, 0.717) is 35.6 Å². The first kappa shape index (κ1) is 25.5. The van der Waals surface area contributed by atoms with Gasteiger partial charge in [-0.1, -0.05) is 36.4 Å². The van der Waals surface area contributed by atoms with Crippen molar-refractivity contribution >= 4 is 28.1 Å². The lowest BCUT2D eigenvalue weighted by atomic mass is 10.1. The number of aryl methyl sites for hydroxylation is 2. The van der Waals surface area contributed by atoms with Gasteiger partial charge in [-0.15, -0.1) is 30.0 Å². The summed E-state index contributed by atoms with van der Waals surface area (Å²) in [6.45, 7) is 5.29. The van der Waals surface area contributed by atoms with Crippen molar-refractivity contribution in [2.45, 2.75) is 26.9 Å². The smallest absolute Gasteiger partial charge is 0.320 e. The lowest BCUT2D eigenvalue weighted by Crippen LogP contribution is -2.31. The molecule has 1 fully saturated rings. The first-order valence-corrected chi connectivity index (χ1v) is 13.7. The normalized spacial score (nSPS) is 13.6. The van der Waals surface area contributed by atoms with Crippen LogP contribution in [0.3, 0.4) is 0 Å². The summed E-state index contributed by atoms with van der Waals surface area (Å²) in [6.07, 6.45) is 0. The average Bonchev–Trinajstić information content (AvgIpc) is 3.69. The number of phenols is 2. The van der Waals surface area contributed by atoms with Gasteiger partial charge in [0.25, 0.3) is 0 Å². The summed E-state index contributed by atoms with van der Waals surface area (Å²) in [5, 5.41) is 40.4. The molecular weight excluding hydrogens is 532 g/mol. The molecule has 1 aliphatic heterocycles. The Morgan fingerprint density at radius 2 is 0.976 bits per heavy atom. The molecule has 42 heavy (non-hydrogen) atoms. The highest BCUT2D eigenvalue weighted by Crippen LogP contribution is 2.32. The Hall–Kier alpha value is -5.45. The van der Waals surface area contributed by atoms with Crippen molar-refractivity contribution < 1.29 is 15.0 Å². The molecule has 6 aromatic rings. The monoisotopic (exact) mass is 560 g/mol. The van der Waals surface area contributed by atoms with E-state index in [1.54, 1.807) is 9.80 Å². The van der Waals surface area contributed by atoms with Crippen molar-refractivity contribution in [3.63, 3.8) is 0 Å². The summed E-state index contributed by atoms with van der Waals surface area (Å²) < 4.78 is 0. The predicted octanol–water partition coefficient (Wildman–Crippen LogP) is 4.62. The molecule has 4 aromatic carbocycles. The number of hydrogen-bond donors (Lipinski definition) is 2. The second kappa shape index (κ2) is 9.88. The van der Waals surface area contributed by atoms with Crippen molar-refractivity contribution in [1.29, 1.82) is 0 Å². The maximum atomic E-state index is 13.5. The van der Waals surface area contributed by atoms with E-state index in [1.165, 1.54) is 9.59 Å². The van der Waals surface area contributed by atoms with Gasteiger partial charge >= 0.3 is 6.03 Å². The van der Waals surface area contributed by atoms with Gasteiger partial charge in [0.1, 0.15) is 44.9 Å². The topological polar surface area (TPSA) is 125 Å². The molecule has 2 N–H and O–H groups in total. The summed E-state index contributed by atoms with van der Waals surface area (Å²) in [5.74, 6) is 0.0690. The average molecular weight is 561 g/mol. The number of carbonyl (C=O) groups is 1. The van der Waals surface area contributed by atoms with Crippen LogP contribution in [0.5, 0.6) is 11.5 Å². The lowest BCUT2D eigenvalue weighted by Gasteiger charge is -2.21. The fourth-order valence-corrected chi connectivity index (χ4v) is 5.48. The van der Waals surface area contributed by atoms with Crippen LogP contribution in [0.2, 0.25) is 0 Å². The van der Waals surface area contributed by atoms with Crippen LogP contribution in [0.15, 0.2) is 72.8 Å². The van der Waals surface area contributed by atoms with Gasteiger partial charge < -0.3 is 20.0 Å². The van der Waals surface area contributed by atoms with Crippen LogP contribution < -0.4 is 0 Å². The molecular formula is C31H28N8O3. The molecule has 0 saturated carbocycles. The van der Waals surface area contributed by atoms with Crippen LogP contribution in [0.4, 0.5) is 4.79 Å². The van der Waals surface area contributed by atoms with E-state index < -0.39 is 0 Å². The molecule has 0 bridgehead atoms. The maximum absolute atomic E-state index is 13.5. The number of urea groups is 1. The largest absolute Gasteiger partial charge is 0.505 e. The first-order chi connectivity index (χ1) is 20.3. The third-order valence-corrected chi connectivity index (χ3v) is 7.53. The fourth-order valence-electron chi connectivity index (χ4n) is 5.48. The SMILES string of the molecule is Cc1cc(CN2CCN(Cc3cc(C)cc(-n4nc5ccccc5n4)c3O)C2=O)c(O)c(-n2nc3ccccc3n2)c1. The maximum Gasteiger partial charge on any atom is 0.320 e. The van der Waals surface area contributed by atoms with Gasteiger partial charge in [0, 0.05) is 24.2 Å². The quantitative estimate of drug-likeness (QED) is 0.304. The Morgan fingerprint density at radius 3 is 1.33 bits per heavy atom. The molecule has 0 spiro atoms. The predicted molar refractivity (Wildman–Crippen MR) is 157 cm³/mol. The lowest BCUT2D eigenvalue weighted by molar-refractivity contribution is 0.188. The molecule has 11 heteroatoms. The number of aromatic hydroxyl groups is 2. The summed E-state index contributed by atoms with van der Waals surface area (Å²) in [4.78, 5) is 19.7. The molecule has 1 aliphatic rings. The van der Waals surface area contributed by atoms with Crippen molar-refractivity contribution in [3.05, 3.63) is 95.1 Å². The molecule has 1 saturated heterocycles. The number of fused-ring (bicyclic) bond motifs is 2. The number of phenolic OH excluding ortho intramolecular Hbond substituents is 2. The highest BCUT2D eigenvalue weighted by atomic mass is 16.3. The standard InChI is InChI=1S/C31H28N8O3/c1-19-13-21(29(40)27(15-19)38-32-23-7-3-4-8-24(23)33-38)17-36-11-12-37(31(36)42)18-22-14-20(2)16-28(30(22)41)39-34-25-9-5-6-10-26(25)35-39/h3-10,13-16,40-41H,11-12,17-18H2,1-2H3. The van der Waals surface area contributed by atoms with Gasteiger partial charge in [0.2, 0.25) is 0 Å². The van der Waals surface area contributed by atoms with Gasteiger partial charge in [0.15, 0.2) is 0 Å². The molecule has 0 radical (unpaired) electrons. The van der Waals surface area contributed by atoms with Crippen molar-refractivity contribution in [3.8, 4) is 22.9 Å². The second-order valence-electron chi connectivity index (χ2n) is 10.7. The number of amides is 2. The zero-order valence-electron chi connectivity index (χ0n) is 23.1. The number of rotatable bonds is 6. The molecule has 2 aromatic heterocycles. The number of nitrogens with zero attached hydrogens (tertiary/aromatic N) is 8. The zero-order chi connectivity index (χ0) is 29.0. The first-order valence-electron chi connectivity index (χ1n) is 13.7. The molecule has 0 unspecified atom stereocenters. The molecule has 11 nitrogen and oxygen atoms in total. The van der Waals surface area contributed by atoms with Crippen molar-refractivity contribution in [2.75, 3.05) is 13.1 Å². The van der Waals surface area contributed by atoms with Crippen LogP contribution >= 0.6 is 0 Å². The van der Waals surface area contributed by atoms with Crippen LogP contribution in [0, 0.1) is 13.8 Å². The van der Waals surface area contributed by atoms with Gasteiger partial charge in [-0.05, 0) is 61.4 Å². The Labute approximate surface area is 240 Å². The summed E-state index contributed by atoms with van der Waals surface area (Å²) in [6, 6.07) is 22.3.